The van der Waals surface area contributed by atoms with Crippen LogP contribution in [0.1, 0.15) is 71.1 Å². The molecule has 0 spiro atoms. The van der Waals surface area contributed by atoms with Crippen molar-refractivity contribution in [1.82, 2.24) is 0 Å². The van der Waals surface area contributed by atoms with Crippen molar-refractivity contribution < 1.29 is 14.5 Å². The molecule has 4 aliphatic carbocycles. The smallest absolute Gasteiger partial charge is 0.198 e. The van der Waals surface area contributed by atoms with Crippen molar-refractivity contribution in [3.05, 3.63) is 0 Å². The molecule has 1 saturated heterocycles. The first-order valence-corrected chi connectivity index (χ1v) is 9.09. The molecule has 21 heavy (non-hydrogen) atoms. The molecule has 1 atom stereocenters. The lowest BCUT2D eigenvalue weighted by Crippen LogP contribution is -2.46. The van der Waals surface area contributed by atoms with Crippen LogP contribution in [0.4, 0.5) is 0 Å². The predicted octanol–water partition coefficient (Wildman–Crippen LogP) is 4.46. The van der Waals surface area contributed by atoms with Crippen molar-refractivity contribution in [2.75, 3.05) is 13.2 Å². The van der Waals surface area contributed by atoms with E-state index in [4.69, 9.17) is 14.5 Å². The lowest BCUT2D eigenvalue weighted by molar-refractivity contribution is -0.432. The predicted molar refractivity (Wildman–Crippen MR) is 80.5 cm³/mol. The summed E-state index contributed by atoms with van der Waals surface area (Å²) in [6.07, 6.45) is 13.4. The molecule has 0 amide bonds. The van der Waals surface area contributed by atoms with E-state index in [9.17, 15) is 0 Å². The van der Waals surface area contributed by atoms with Gasteiger partial charge in [-0.25, -0.2) is 9.78 Å². The van der Waals surface area contributed by atoms with E-state index in [1.54, 1.807) is 0 Å². The standard InChI is InChI=1S/C18H30O3/c1-17(4-2-3-6-19-17)21-20-7-5-18-11-14-8-15(12-18)10-16(9-14)13-18/h14-16H,2-13H2,1H3. The van der Waals surface area contributed by atoms with Crippen molar-refractivity contribution >= 4 is 0 Å². The van der Waals surface area contributed by atoms with E-state index in [0.29, 0.717) is 5.41 Å². The van der Waals surface area contributed by atoms with Gasteiger partial charge >= 0.3 is 0 Å². The van der Waals surface area contributed by atoms with Gasteiger partial charge in [-0.1, -0.05) is 0 Å². The van der Waals surface area contributed by atoms with Crippen LogP contribution < -0.4 is 0 Å². The topological polar surface area (TPSA) is 27.7 Å². The van der Waals surface area contributed by atoms with Gasteiger partial charge in [0, 0.05) is 6.42 Å². The van der Waals surface area contributed by atoms with E-state index >= 15 is 0 Å². The molecule has 0 radical (unpaired) electrons. The lowest BCUT2D eigenvalue weighted by Gasteiger charge is -2.57. The average Bonchev–Trinajstić information content (AvgIpc) is 2.43. The molecular formula is C18H30O3. The van der Waals surface area contributed by atoms with Crippen LogP contribution in [-0.4, -0.2) is 19.0 Å². The summed E-state index contributed by atoms with van der Waals surface area (Å²) in [6.45, 7) is 3.55. The lowest BCUT2D eigenvalue weighted by atomic mass is 9.49. The van der Waals surface area contributed by atoms with Crippen LogP contribution in [0.25, 0.3) is 0 Å². The molecule has 0 N–H and O–H groups in total. The van der Waals surface area contributed by atoms with E-state index < -0.39 is 5.79 Å². The molecule has 5 aliphatic rings. The van der Waals surface area contributed by atoms with Crippen LogP contribution in [0.15, 0.2) is 0 Å². The molecule has 5 fully saturated rings. The zero-order chi connectivity index (χ0) is 14.3. The van der Waals surface area contributed by atoms with Gasteiger partial charge in [0.2, 0.25) is 0 Å². The zero-order valence-corrected chi connectivity index (χ0v) is 13.4. The molecule has 5 rings (SSSR count). The molecule has 1 aliphatic heterocycles. The summed E-state index contributed by atoms with van der Waals surface area (Å²) in [5.74, 6) is 2.57. The Morgan fingerprint density at radius 1 is 1.00 bits per heavy atom. The van der Waals surface area contributed by atoms with Gasteiger partial charge < -0.3 is 4.74 Å². The molecule has 0 aromatic heterocycles. The molecule has 3 nitrogen and oxygen atoms in total. The normalized spacial score (nSPS) is 48.7. The van der Waals surface area contributed by atoms with Crippen LogP contribution >= 0.6 is 0 Å². The van der Waals surface area contributed by atoms with Gasteiger partial charge in [0.25, 0.3) is 0 Å². The zero-order valence-electron chi connectivity index (χ0n) is 13.4. The van der Waals surface area contributed by atoms with Gasteiger partial charge in [-0.2, -0.15) is 0 Å². The van der Waals surface area contributed by atoms with Gasteiger partial charge in [0.15, 0.2) is 5.79 Å². The Bertz CT molecular complexity index is 337. The monoisotopic (exact) mass is 294 g/mol. The molecular weight excluding hydrogens is 264 g/mol. The Hall–Kier alpha value is -0.120. The second kappa shape index (κ2) is 5.50. The van der Waals surface area contributed by atoms with E-state index in [0.717, 1.165) is 43.8 Å². The van der Waals surface area contributed by atoms with Crippen molar-refractivity contribution in [3.8, 4) is 0 Å². The maximum atomic E-state index is 5.71. The summed E-state index contributed by atoms with van der Waals surface area (Å²) in [7, 11) is 0. The fraction of sp³-hybridized carbons (Fsp3) is 1.00. The summed E-state index contributed by atoms with van der Waals surface area (Å²) in [6, 6.07) is 0. The highest BCUT2D eigenvalue weighted by Gasteiger charge is 2.50. The molecule has 0 aromatic rings. The quantitative estimate of drug-likeness (QED) is 0.426. The third-order valence-electron chi connectivity index (χ3n) is 6.55. The minimum absolute atomic E-state index is 0.500. The highest BCUT2D eigenvalue weighted by atomic mass is 17.2. The van der Waals surface area contributed by atoms with Gasteiger partial charge in [0.05, 0.1) is 13.2 Å². The molecule has 1 unspecified atom stereocenters. The first-order chi connectivity index (χ1) is 10.1. The largest absolute Gasteiger partial charge is 0.348 e. The third kappa shape index (κ3) is 3.02. The highest BCUT2D eigenvalue weighted by Crippen LogP contribution is 2.61. The molecule has 3 heteroatoms. The van der Waals surface area contributed by atoms with Crippen LogP contribution in [-0.2, 0) is 14.5 Å². The second-order valence-electron chi connectivity index (χ2n) is 8.51. The summed E-state index contributed by atoms with van der Waals surface area (Å²) >= 11 is 0. The van der Waals surface area contributed by atoms with Crippen LogP contribution in [0.3, 0.4) is 0 Å². The Morgan fingerprint density at radius 3 is 2.24 bits per heavy atom. The van der Waals surface area contributed by atoms with E-state index in [2.05, 4.69) is 0 Å². The SMILES string of the molecule is CC1(OOCCC23CC4CC(CC(C4)C2)C3)CCCCO1. The van der Waals surface area contributed by atoms with Gasteiger partial charge in [-0.15, -0.1) is 0 Å². The minimum Gasteiger partial charge on any atom is -0.348 e. The molecule has 0 aromatic carbocycles. The third-order valence-corrected chi connectivity index (χ3v) is 6.55. The van der Waals surface area contributed by atoms with E-state index in [1.807, 2.05) is 6.92 Å². The van der Waals surface area contributed by atoms with Gasteiger partial charge in [-0.05, 0) is 87.9 Å². The Morgan fingerprint density at radius 2 is 1.67 bits per heavy atom. The molecule has 1 heterocycles. The van der Waals surface area contributed by atoms with Crippen LogP contribution in [0, 0.1) is 23.2 Å². The van der Waals surface area contributed by atoms with Crippen molar-refractivity contribution in [2.45, 2.75) is 76.9 Å². The highest BCUT2D eigenvalue weighted by molar-refractivity contribution is 5.01. The van der Waals surface area contributed by atoms with Crippen molar-refractivity contribution in [3.63, 3.8) is 0 Å². The Balaban J connectivity index is 1.25. The Kier molecular flexibility index (Phi) is 3.79. The molecule has 4 bridgehead atoms. The maximum absolute atomic E-state index is 5.71. The summed E-state index contributed by atoms with van der Waals surface area (Å²) in [5.41, 5.74) is 0.590. The fourth-order valence-corrected chi connectivity index (χ4v) is 5.99. The van der Waals surface area contributed by atoms with Crippen LogP contribution in [0.2, 0.25) is 0 Å². The average molecular weight is 294 g/mol. The van der Waals surface area contributed by atoms with Crippen molar-refractivity contribution in [1.29, 1.82) is 0 Å². The number of hydrogen-bond donors (Lipinski definition) is 0. The molecule has 4 saturated carbocycles. The van der Waals surface area contributed by atoms with Crippen molar-refractivity contribution in [2.24, 2.45) is 23.2 Å². The number of rotatable bonds is 5. The number of ether oxygens (including phenoxy) is 1. The summed E-state index contributed by atoms with van der Waals surface area (Å²) < 4.78 is 5.71. The summed E-state index contributed by atoms with van der Waals surface area (Å²) in [5, 5.41) is 0. The fourth-order valence-electron chi connectivity index (χ4n) is 5.99. The summed E-state index contributed by atoms with van der Waals surface area (Å²) in [4.78, 5) is 11.2. The van der Waals surface area contributed by atoms with Gasteiger partial charge in [0.1, 0.15) is 0 Å². The minimum atomic E-state index is -0.500. The second-order valence-corrected chi connectivity index (χ2v) is 8.51. The first-order valence-electron chi connectivity index (χ1n) is 9.09. The van der Waals surface area contributed by atoms with E-state index in [1.165, 1.54) is 51.4 Å². The molecule has 120 valence electrons. The van der Waals surface area contributed by atoms with Crippen LogP contribution in [0.5, 0.6) is 0 Å². The van der Waals surface area contributed by atoms with E-state index in [-0.39, 0.29) is 0 Å². The Labute approximate surface area is 128 Å². The maximum Gasteiger partial charge on any atom is 0.198 e. The van der Waals surface area contributed by atoms with Gasteiger partial charge in [-0.3, -0.25) is 0 Å². The first kappa shape index (κ1) is 14.5. The number of hydrogen-bond acceptors (Lipinski definition) is 3.